The van der Waals surface area contributed by atoms with Gasteiger partial charge in [0.15, 0.2) is 0 Å². The Morgan fingerprint density at radius 3 is 1.54 bits per heavy atom. The minimum absolute atomic E-state index is 0. The first-order valence-corrected chi connectivity index (χ1v) is 7.53. The van der Waals surface area contributed by atoms with Crippen LogP contribution in [0.15, 0.2) is 36.4 Å². The molecule has 9 nitrogen and oxygen atoms in total. The van der Waals surface area contributed by atoms with E-state index in [9.17, 15) is 20.2 Å². The molecule has 0 fully saturated rings. The van der Waals surface area contributed by atoms with E-state index < -0.39 is 9.85 Å². The molecule has 0 radical (unpaired) electrons. The first kappa shape index (κ1) is 21.2. The molecule has 0 saturated heterocycles. The highest BCUT2D eigenvalue weighted by atomic mass is 79.9. The molecule has 0 aliphatic carbocycles. The molecule has 2 rings (SSSR count). The normalized spacial score (nSPS) is 10.0. The minimum Gasteiger partial charge on any atom is -0.457 e. The van der Waals surface area contributed by atoms with Gasteiger partial charge in [0.2, 0.25) is 13.1 Å². The van der Waals surface area contributed by atoms with Crippen molar-refractivity contribution in [2.45, 2.75) is 12.8 Å². The van der Waals surface area contributed by atoms with Crippen LogP contribution in [0.5, 0.6) is 11.5 Å². The van der Waals surface area contributed by atoms with Crippen LogP contribution in [0.2, 0.25) is 0 Å². The number of ether oxygens (including phenoxy) is 1. The first-order chi connectivity index (χ1) is 11.8. The smallest absolute Gasteiger partial charge is 0.208 e. The van der Waals surface area contributed by atoms with Crippen LogP contribution in [0.1, 0.15) is 11.1 Å². The summed E-state index contributed by atoms with van der Waals surface area (Å²) in [4.78, 5) is 20.4. The van der Waals surface area contributed by atoms with Crippen LogP contribution in [0.25, 0.3) is 0 Å². The highest BCUT2D eigenvalue weighted by Gasteiger charge is 2.13. The van der Waals surface area contributed by atoms with E-state index in [0.717, 1.165) is 0 Å². The molecule has 10 heteroatoms. The number of halogens is 1. The van der Waals surface area contributed by atoms with Crippen molar-refractivity contribution in [1.82, 2.24) is 0 Å². The maximum atomic E-state index is 10.6. The number of hydrogen-bond donors (Lipinski definition) is 2. The van der Waals surface area contributed by atoms with E-state index in [1.807, 2.05) is 0 Å². The Labute approximate surface area is 160 Å². The van der Waals surface area contributed by atoms with E-state index in [1.165, 1.54) is 0 Å². The number of anilines is 2. The van der Waals surface area contributed by atoms with E-state index in [2.05, 4.69) is 0 Å². The van der Waals surface area contributed by atoms with Gasteiger partial charge in [0.05, 0.1) is 0 Å². The van der Waals surface area contributed by atoms with E-state index in [-0.39, 0.29) is 42.9 Å². The Morgan fingerprint density at radius 2 is 1.19 bits per heavy atom. The Kier molecular flexibility index (Phi) is 7.78. The summed E-state index contributed by atoms with van der Waals surface area (Å²) in [6, 6.07) is 9.73. The predicted octanol–water partition coefficient (Wildman–Crippen LogP) is 2.86. The van der Waals surface area contributed by atoms with Crippen LogP contribution in [-0.4, -0.2) is 22.9 Å². The largest absolute Gasteiger partial charge is 0.457 e. The van der Waals surface area contributed by atoms with E-state index >= 15 is 0 Å². The lowest BCUT2D eigenvalue weighted by Crippen LogP contribution is -2.07. The van der Waals surface area contributed by atoms with Gasteiger partial charge >= 0.3 is 0 Å². The topological polar surface area (TPSA) is 148 Å². The van der Waals surface area contributed by atoms with Gasteiger partial charge in [0.25, 0.3) is 0 Å². The number of hydrogen-bond acceptors (Lipinski definition) is 7. The van der Waals surface area contributed by atoms with Crippen molar-refractivity contribution in [3.63, 3.8) is 0 Å². The number of nitrogen functional groups attached to an aromatic ring is 2. The lowest BCUT2D eigenvalue weighted by atomic mass is 10.1. The third kappa shape index (κ3) is 6.20. The highest BCUT2D eigenvalue weighted by Crippen LogP contribution is 2.31. The van der Waals surface area contributed by atoms with Gasteiger partial charge in [0.1, 0.15) is 11.5 Å². The average Bonchev–Trinajstić information content (AvgIpc) is 2.54. The van der Waals surface area contributed by atoms with Gasteiger partial charge in [-0.1, -0.05) is 0 Å². The van der Waals surface area contributed by atoms with Crippen LogP contribution < -0.4 is 16.2 Å². The molecule has 0 heterocycles. The summed E-state index contributed by atoms with van der Waals surface area (Å²) < 4.78 is 5.86. The molecule has 0 bridgehead atoms. The van der Waals surface area contributed by atoms with Crippen molar-refractivity contribution in [3.05, 3.63) is 67.8 Å². The minimum atomic E-state index is -0.418. The fourth-order valence-corrected chi connectivity index (χ4v) is 2.33. The zero-order valence-corrected chi connectivity index (χ0v) is 15.5. The Hall–Kier alpha value is -2.88. The number of nitrogens with zero attached hydrogens (tertiary/aromatic N) is 2. The molecule has 140 valence electrons. The van der Waals surface area contributed by atoms with Crippen LogP contribution >= 0.6 is 17.0 Å². The molecule has 4 N–H and O–H groups in total. The monoisotopic (exact) mass is 426 g/mol. The molecule has 0 amide bonds. The number of benzene rings is 2. The van der Waals surface area contributed by atoms with Crippen molar-refractivity contribution in [3.8, 4) is 11.5 Å². The van der Waals surface area contributed by atoms with Gasteiger partial charge in [-0.25, -0.2) is 0 Å². The van der Waals surface area contributed by atoms with Gasteiger partial charge in [0, 0.05) is 45.2 Å². The second-order valence-corrected chi connectivity index (χ2v) is 5.45. The molecular weight excluding hydrogens is 408 g/mol. The second-order valence-electron chi connectivity index (χ2n) is 5.45. The summed E-state index contributed by atoms with van der Waals surface area (Å²) in [5, 5.41) is 21.2. The van der Waals surface area contributed by atoms with E-state index in [1.54, 1.807) is 36.4 Å². The maximum absolute atomic E-state index is 10.6. The molecule has 2 aromatic carbocycles. The van der Waals surface area contributed by atoms with E-state index in [4.69, 9.17) is 16.2 Å². The van der Waals surface area contributed by atoms with Crippen molar-refractivity contribution >= 4 is 28.4 Å². The fraction of sp³-hybridized carbons (Fsp3) is 0.250. The standard InChI is InChI=1S/C16H18N4O5.BrH/c17-13-1-3-15(11(9-13)5-7-19(21)22)25-16-4-2-14(18)10-12(16)6-8-20(23)24;/h1-4,9-10H,5-8,17-18H2;1H. The van der Waals surface area contributed by atoms with Gasteiger partial charge in [-0.3, -0.25) is 20.2 Å². The molecule has 0 aliphatic heterocycles. The van der Waals surface area contributed by atoms with Gasteiger partial charge in [-0.05, 0) is 36.4 Å². The zero-order chi connectivity index (χ0) is 18.4. The third-order valence-electron chi connectivity index (χ3n) is 3.52. The molecule has 2 aromatic rings. The molecule has 0 saturated carbocycles. The van der Waals surface area contributed by atoms with Gasteiger partial charge in [-0.2, -0.15) is 0 Å². The summed E-state index contributed by atoms with van der Waals surface area (Å²) in [5.74, 6) is 0.839. The lowest BCUT2D eigenvalue weighted by Gasteiger charge is -2.14. The molecular formula is C16H19BrN4O5. The number of nitro groups is 2. The van der Waals surface area contributed by atoms with Crippen LogP contribution in [0.3, 0.4) is 0 Å². The molecule has 0 aromatic heterocycles. The third-order valence-corrected chi connectivity index (χ3v) is 3.52. The number of rotatable bonds is 8. The number of nitrogens with two attached hydrogens (primary N) is 2. The Bertz CT molecular complexity index is 735. The van der Waals surface area contributed by atoms with Crippen molar-refractivity contribution in [1.29, 1.82) is 0 Å². The Morgan fingerprint density at radius 1 is 0.808 bits per heavy atom. The summed E-state index contributed by atoms with van der Waals surface area (Å²) in [6.07, 6.45) is 0.319. The maximum Gasteiger partial charge on any atom is 0.208 e. The fourth-order valence-electron chi connectivity index (χ4n) is 2.33. The molecule has 0 aliphatic rings. The molecule has 0 atom stereocenters. The van der Waals surface area contributed by atoms with E-state index in [0.29, 0.717) is 34.0 Å². The van der Waals surface area contributed by atoms with Crippen molar-refractivity contribution < 1.29 is 14.6 Å². The van der Waals surface area contributed by atoms with Crippen LogP contribution in [0.4, 0.5) is 11.4 Å². The molecule has 26 heavy (non-hydrogen) atoms. The zero-order valence-electron chi connectivity index (χ0n) is 13.8. The molecule has 0 unspecified atom stereocenters. The molecule has 0 spiro atoms. The SMILES string of the molecule is Br.Nc1ccc(Oc2ccc(N)cc2CC[N+](=O)[O-])c(CC[N+](=O)[O-])c1. The Balaban J connectivity index is 0.00000338. The average molecular weight is 427 g/mol. The van der Waals surface area contributed by atoms with Crippen LogP contribution in [0, 0.1) is 20.2 Å². The summed E-state index contributed by atoms with van der Waals surface area (Å²) in [7, 11) is 0. The van der Waals surface area contributed by atoms with Crippen molar-refractivity contribution in [2.75, 3.05) is 24.6 Å². The van der Waals surface area contributed by atoms with Crippen molar-refractivity contribution in [2.24, 2.45) is 0 Å². The quantitative estimate of drug-likeness (QED) is 0.374. The first-order valence-electron chi connectivity index (χ1n) is 7.53. The summed E-state index contributed by atoms with van der Waals surface area (Å²) in [5.41, 5.74) is 13.6. The van der Waals surface area contributed by atoms with Gasteiger partial charge in [-0.15, -0.1) is 17.0 Å². The highest BCUT2D eigenvalue weighted by molar-refractivity contribution is 8.93. The van der Waals surface area contributed by atoms with Gasteiger partial charge < -0.3 is 16.2 Å². The van der Waals surface area contributed by atoms with Crippen LogP contribution in [-0.2, 0) is 12.8 Å². The second kappa shape index (κ2) is 9.56. The lowest BCUT2D eigenvalue weighted by molar-refractivity contribution is -0.479. The predicted molar refractivity (Wildman–Crippen MR) is 103 cm³/mol. The summed E-state index contributed by atoms with van der Waals surface area (Å²) in [6.45, 7) is -0.508. The summed E-state index contributed by atoms with van der Waals surface area (Å²) >= 11 is 0.